The number of rotatable bonds is 2. The third-order valence-electron chi connectivity index (χ3n) is 1.77. The molecule has 0 spiro atoms. The Hall–Kier alpha value is -1.38. The minimum Gasteiger partial charge on any atom is -0.325 e. The van der Waals surface area contributed by atoms with Gasteiger partial charge in [0.1, 0.15) is 7.05 Å². The first-order valence-corrected chi connectivity index (χ1v) is 4.36. The fourth-order valence-corrected chi connectivity index (χ4v) is 0.871. The molecule has 13 heavy (non-hydrogen) atoms. The summed E-state index contributed by atoms with van der Waals surface area (Å²) in [4.78, 5) is 11.3. The summed E-state index contributed by atoms with van der Waals surface area (Å²) in [6, 6.07) is 3.75. The average Bonchev–Trinajstić information content (AvgIpc) is 2.08. The second kappa shape index (κ2) is 4.03. The summed E-state index contributed by atoms with van der Waals surface area (Å²) in [5, 5.41) is 2.82. The highest BCUT2D eigenvalue weighted by Gasteiger charge is 2.06. The molecule has 0 aliphatic carbocycles. The van der Waals surface area contributed by atoms with E-state index in [1.807, 2.05) is 50.0 Å². The lowest BCUT2D eigenvalue weighted by Crippen LogP contribution is -2.26. The van der Waals surface area contributed by atoms with Crippen molar-refractivity contribution in [3.8, 4) is 0 Å². The molecule has 3 heteroatoms. The van der Waals surface area contributed by atoms with Crippen LogP contribution in [0.3, 0.4) is 0 Å². The van der Waals surface area contributed by atoms with E-state index in [1.54, 1.807) is 0 Å². The number of nitrogens with one attached hydrogen (secondary N) is 1. The molecule has 0 bridgehead atoms. The highest BCUT2D eigenvalue weighted by atomic mass is 16.1. The van der Waals surface area contributed by atoms with Crippen LogP contribution in [0.5, 0.6) is 0 Å². The van der Waals surface area contributed by atoms with Gasteiger partial charge in [-0.1, -0.05) is 13.8 Å². The Labute approximate surface area is 78.4 Å². The van der Waals surface area contributed by atoms with Crippen LogP contribution in [0, 0.1) is 5.92 Å². The average molecular weight is 179 g/mol. The molecule has 1 aromatic rings. The van der Waals surface area contributed by atoms with Gasteiger partial charge in [0.25, 0.3) is 0 Å². The molecule has 1 amide bonds. The molecular weight excluding hydrogens is 164 g/mol. The SMILES string of the molecule is CC(C)C(=O)Nc1cc[n+](C)cc1. The van der Waals surface area contributed by atoms with Crippen LogP contribution < -0.4 is 9.88 Å². The number of amides is 1. The number of nitrogens with zero attached hydrogens (tertiary/aromatic N) is 1. The zero-order chi connectivity index (χ0) is 9.84. The molecule has 0 saturated heterocycles. The minimum atomic E-state index is 0.0222. The van der Waals surface area contributed by atoms with Crippen LogP contribution in [0.1, 0.15) is 13.8 Å². The second-order valence-corrected chi connectivity index (χ2v) is 3.40. The van der Waals surface area contributed by atoms with Gasteiger partial charge in [0.05, 0.1) is 5.69 Å². The fourth-order valence-electron chi connectivity index (χ4n) is 0.871. The molecule has 0 saturated carbocycles. The van der Waals surface area contributed by atoms with Gasteiger partial charge in [0.15, 0.2) is 12.4 Å². The minimum absolute atomic E-state index is 0.0222. The highest BCUT2D eigenvalue weighted by Crippen LogP contribution is 2.04. The first-order chi connectivity index (χ1) is 6.09. The highest BCUT2D eigenvalue weighted by molar-refractivity contribution is 5.91. The van der Waals surface area contributed by atoms with E-state index in [0.29, 0.717) is 0 Å². The van der Waals surface area contributed by atoms with Crippen LogP contribution in [0.15, 0.2) is 24.5 Å². The number of carbonyl (C=O) groups excluding carboxylic acids is 1. The third kappa shape index (κ3) is 2.86. The van der Waals surface area contributed by atoms with Crippen molar-refractivity contribution in [1.29, 1.82) is 0 Å². The van der Waals surface area contributed by atoms with Crippen molar-refractivity contribution in [3.05, 3.63) is 24.5 Å². The zero-order valence-electron chi connectivity index (χ0n) is 8.24. The van der Waals surface area contributed by atoms with Crippen molar-refractivity contribution in [2.75, 3.05) is 5.32 Å². The molecule has 3 nitrogen and oxygen atoms in total. The summed E-state index contributed by atoms with van der Waals surface area (Å²) >= 11 is 0. The molecule has 0 aromatic carbocycles. The molecule has 0 radical (unpaired) electrons. The maximum atomic E-state index is 11.3. The van der Waals surface area contributed by atoms with Crippen LogP contribution in [0.2, 0.25) is 0 Å². The van der Waals surface area contributed by atoms with Gasteiger partial charge in [-0.05, 0) is 0 Å². The van der Waals surface area contributed by atoms with Crippen molar-refractivity contribution in [3.63, 3.8) is 0 Å². The van der Waals surface area contributed by atoms with Crippen molar-refractivity contribution in [2.45, 2.75) is 13.8 Å². The van der Waals surface area contributed by atoms with Crippen LogP contribution in [-0.2, 0) is 11.8 Å². The van der Waals surface area contributed by atoms with Crippen LogP contribution in [0.25, 0.3) is 0 Å². The number of hydrogen-bond donors (Lipinski definition) is 1. The molecular formula is C10H15N2O+. The first kappa shape index (κ1) is 9.71. The quantitative estimate of drug-likeness (QED) is 0.678. The van der Waals surface area contributed by atoms with E-state index in [4.69, 9.17) is 0 Å². The normalized spacial score (nSPS) is 10.2. The lowest BCUT2D eigenvalue weighted by atomic mass is 10.2. The lowest BCUT2D eigenvalue weighted by molar-refractivity contribution is -0.671. The second-order valence-electron chi connectivity index (χ2n) is 3.40. The van der Waals surface area contributed by atoms with Crippen molar-refractivity contribution in [1.82, 2.24) is 0 Å². The molecule has 70 valence electrons. The van der Waals surface area contributed by atoms with E-state index < -0.39 is 0 Å². The Kier molecular flexibility index (Phi) is 3.01. The van der Waals surface area contributed by atoms with Gasteiger partial charge in [0, 0.05) is 18.1 Å². The molecule has 1 N–H and O–H groups in total. The number of hydrogen-bond acceptors (Lipinski definition) is 1. The number of anilines is 1. The van der Waals surface area contributed by atoms with E-state index in [0.717, 1.165) is 5.69 Å². The number of pyridine rings is 1. The number of aromatic nitrogens is 1. The summed E-state index contributed by atoms with van der Waals surface area (Å²) < 4.78 is 1.92. The Balaban J connectivity index is 2.65. The zero-order valence-corrected chi connectivity index (χ0v) is 8.24. The van der Waals surface area contributed by atoms with Gasteiger partial charge < -0.3 is 5.32 Å². The van der Waals surface area contributed by atoms with Gasteiger partial charge in [-0.25, -0.2) is 4.57 Å². The third-order valence-corrected chi connectivity index (χ3v) is 1.77. The van der Waals surface area contributed by atoms with Crippen molar-refractivity contribution in [2.24, 2.45) is 13.0 Å². The summed E-state index contributed by atoms with van der Waals surface area (Å²) in [5.74, 6) is 0.0720. The monoisotopic (exact) mass is 179 g/mol. The maximum Gasteiger partial charge on any atom is 0.226 e. The van der Waals surface area contributed by atoms with Crippen LogP contribution in [-0.4, -0.2) is 5.91 Å². The molecule has 0 aliphatic heterocycles. The van der Waals surface area contributed by atoms with Gasteiger partial charge in [0.2, 0.25) is 5.91 Å². The van der Waals surface area contributed by atoms with E-state index in [-0.39, 0.29) is 11.8 Å². The summed E-state index contributed by atoms with van der Waals surface area (Å²) in [6.07, 6.45) is 3.80. The Morgan fingerprint density at radius 2 is 1.92 bits per heavy atom. The molecule has 1 rings (SSSR count). The predicted molar refractivity (Wildman–Crippen MR) is 51.1 cm³/mol. The Morgan fingerprint density at radius 3 is 2.38 bits per heavy atom. The first-order valence-electron chi connectivity index (χ1n) is 4.36. The molecule has 1 aromatic heterocycles. The predicted octanol–water partition coefficient (Wildman–Crippen LogP) is 1.11. The number of aryl methyl sites for hydroxylation is 1. The number of carbonyl (C=O) groups is 1. The summed E-state index contributed by atoms with van der Waals surface area (Å²) in [5.41, 5.74) is 0.844. The maximum absolute atomic E-state index is 11.3. The smallest absolute Gasteiger partial charge is 0.226 e. The van der Waals surface area contributed by atoms with Gasteiger partial charge >= 0.3 is 0 Å². The molecule has 1 heterocycles. The van der Waals surface area contributed by atoms with E-state index in [9.17, 15) is 4.79 Å². The lowest BCUT2D eigenvalue weighted by Gasteiger charge is -2.05. The van der Waals surface area contributed by atoms with Gasteiger partial charge in [-0.2, -0.15) is 0 Å². The topological polar surface area (TPSA) is 33.0 Å². The fraction of sp³-hybridized carbons (Fsp3) is 0.400. The Bertz CT molecular complexity index is 290. The van der Waals surface area contributed by atoms with E-state index in [1.165, 1.54) is 0 Å². The molecule has 0 atom stereocenters. The van der Waals surface area contributed by atoms with E-state index in [2.05, 4.69) is 5.32 Å². The van der Waals surface area contributed by atoms with E-state index >= 15 is 0 Å². The van der Waals surface area contributed by atoms with Crippen LogP contribution >= 0.6 is 0 Å². The largest absolute Gasteiger partial charge is 0.325 e. The van der Waals surface area contributed by atoms with Crippen LogP contribution in [0.4, 0.5) is 5.69 Å². The van der Waals surface area contributed by atoms with Gasteiger partial charge in [-0.3, -0.25) is 4.79 Å². The van der Waals surface area contributed by atoms with Crippen molar-refractivity contribution >= 4 is 11.6 Å². The van der Waals surface area contributed by atoms with Crippen molar-refractivity contribution < 1.29 is 9.36 Å². The standard InChI is InChI=1S/C10H14N2O/c1-8(2)10(13)11-9-4-6-12(3)7-5-9/h4-8H,1-3H3/p+1. The van der Waals surface area contributed by atoms with Gasteiger partial charge in [-0.15, -0.1) is 0 Å². The molecule has 0 aliphatic rings. The molecule has 0 unspecified atom stereocenters. The Morgan fingerprint density at radius 1 is 1.38 bits per heavy atom. The summed E-state index contributed by atoms with van der Waals surface area (Å²) in [7, 11) is 1.94. The molecule has 0 fully saturated rings. The summed E-state index contributed by atoms with van der Waals surface area (Å²) in [6.45, 7) is 3.75.